The molecule has 21 heavy (non-hydrogen) atoms. The summed E-state index contributed by atoms with van der Waals surface area (Å²) in [4.78, 5) is 16.3. The van der Waals surface area contributed by atoms with Gasteiger partial charge in [0.05, 0.1) is 6.54 Å². The first kappa shape index (κ1) is 13.1. The summed E-state index contributed by atoms with van der Waals surface area (Å²) in [6.07, 6.45) is 3.53. The Balaban J connectivity index is 1.69. The zero-order chi connectivity index (χ0) is 14.7. The van der Waals surface area contributed by atoms with Crippen LogP contribution in [0, 0.1) is 6.92 Å². The van der Waals surface area contributed by atoms with E-state index in [-0.39, 0.29) is 11.7 Å². The molecule has 0 aliphatic carbocycles. The Morgan fingerprint density at radius 2 is 2.19 bits per heavy atom. The molecular weight excluding hydrogens is 268 g/mol. The van der Waals surface area contributed by atoms with E-state index in [0.717, 1.165) is 5.69 Å². The molecule has 1 amide bonds. The fourth-order valence-corrected chi connectivity index (χ4v) is 1.93. The van der Waals surface area contributed by atoms with Crippen molar-refractivity contribution in [2.75, 3.05) is 5.32 Å². The number of rotatable bonds is 4. The molecule has 6 heteroatoms. The van der Waals surface area contributed by atoms with E-state index in [0.29, 0.717) is 18.1 Å². The van der Waals surface area contributed by atoms with Crippen molar-refractivity contribution in [1.29, 1.82) is 0 Å². The van der Waals surface area contributed by atoms with Crippen molar-refractivity contribution in [2.45, 2.75) is 13.5 Å². The third-order valence-electron chi connectivity index (χ3n) is 2.89. The van der Waals surface area contributed by atoms with Gasteiger partial charge in [0.2, 0.25) is 0 Å². The van der Waals surface area contributed by atoms with Gasteiger partial charge in [-0.05, 0) is 37.3 Å². The highest BCUT2D eigenvalue weighted by atomic mass is 16.4. The molecule has 0 atom stereocenters. The fourth-order valence-electron chi connectivity index (χ4n) is 1.93. The Bertz CT molecular complexity index is 747. The molecule has 0 aromatic carbocycles. The highest BCUT2D eigenvalue weighted by molar-refractivity contribution is 6.01. The van der Waals surface area contributed by atoms with E-state index >= 15 is 0 Å². The summed E-state index contributed by atoms with van der Waals surface area (Å²) in [5, 5.41) is 6.79. The number of pyridine rings is 1. The minimum atomic E-state index is -0.320. The van der Waals surface area contributed by atoms with E-state index in [1.807, 2.05) is 31.3 Å². The van der Waals surface area contributed by atoms with Crippen LogP contribution in [0.2, 0.25) is 0 Å². The second kappa shape index (κ2) is 5.62. The van der Waals surface area contributed by atoms with Crippen molar-refractivity contribution >= 4 is 11.7 Å². The van der Waals surface area contributed by atoms with Gasteiger partial charge in [0.25, 0.3) is 5.91 Å². The Labute approximate surface area is 121 Å². The van der Waals surface area contributed by atoms with Crippen LogP contribution in [0.5, 0.6) is 0 Å². The predicted octanol–water partition coefficient (Wildman–Crippen LogP) is 2.48. The summed E-state index contributed by atoms with van der Waals surface area (Å²) in [5.41, 5.74) is 0.839. The zero-order valence-corrected chi connectivity index (χ0v) is 11.5. The number of carbonyl (C=O) groups is 1. The van der Waals surface area contributed by atoms with Crippen LogP contribution in [0.25, 0.3) is 0 Å². The topological polar surface area (TPSA) is 73.0 Å². The molecule has 0 unspecified atom stereocenters. The van der Waals surface area contributed by atoms with Gasteiger partial charge >= 0.3 is 0 Å². The lowest BCUT2D eigenvalue weighted by Gasteiger charge is -2.03. The van der Waals surface area contributed by atoms with E-state index < -0.39 is 0 Å². The summed E-state index contributed by atoms with van der Waals surface area (Å²) in [6.45, 7) is 2.35. The van der Waals surface area contributed by atoms with Crippen LogP contribution < -0.4 is 5.32 Å². The SMILES string of the molecule is Cc1cccc(NC(=O)c2ccc(Cn3cccn3)o2)n1. The van der Waals surface area contributed by atoms with Crippen molar-refractivity contribution < 1.29 is 9.21 Å². The molecule has 106 valence electrons. The first-order valence-corrected chi connectivity index (χ1v) is 6.52. The molecule has 0 fully saturated rings. The number of hydrogen-bond donors (Lipinski definition) is 1. The highest BCUT2D eigenvalue weighted by Gasteiger charge is 2.12. The molecule has 0 bridgehead atoms. The van der Waals surface area contributed by atoms with E-state index in [1.54, 1.807) is 29.1 Å². The molecule has 3 aromatic heterocycles. The lowest BCUT2D eigenvalue weighted by Crippen LogP contribution is -2.12. The number of nitrogens with zero attached hydrogens (tertiary/aromatic N) is 3. The van der Waals surface area contributed by atoms with Gasteiger partial charge in [0.1, 0.15) is 11.6 Å². The smallest absolute Gasteiger partial charge is 0.292 e. The van der Waals surface area contributed by atoms with E-state index in [1.165, 1.54) is 0 Å². The average Bonchev–Trinajstić information content (AvgIpc) is 3.11. The molecule has 3 heterocycles. The van der Waals surface area contributed by atoms with Crippen LogP contribution in [0.1, 0.15) is 22.0 Å². The number of aromatic nitrogens is 3. The van der Waals surface area contributed by atoms with Gasteiger partial charge in [0, 0.05) is 18.1 Å². The van der Waals surface area contributed by atoms with Crippen molar-refractivity contribution in [3.8, 4) is 0 Å². The van der Waals surface area contributed by atoms with Crippen LogP contribution in [-0.4, -0.2) is 20.7 Å². The maximum Gasteiger partial charge on any atom is 0.292 e. The molecule has 0 aliphatic rings. The minimum Gasteiger partial charge on any atom is -0.454 e. The lowest BCUT2D eigenvalue weighted by molar-refractivity contribution is 0.0994. The lowest BCUT2D eigenvalue weighted by atomic mass is 10.3. The summed E-state index contributed by atoms with van der Waals surface area (Å²) in [5.74, 6) is 1.10. The summed E-state index contributed by atoms with van der Waals surface area (Å²) in [7, 11) is 0. The third-order valence-corrected chi connectivity index (χ3v) is 2.89. The van der Waals surface area contributed by atoms with Crippen molar-refractivity contribution in [1.82, 2.24) is 14.8 Å². The van der Waals surface area contributed by atoms with Gasteiger partial charge in [0.15, 0.2) is 5.76 Å². The molecule has 0 saturated carbocycles. The number of amides is 1. The van der Waals surface area contributed by atoms with Crippen molar-refractivity contribution in [3.63, 3.8) is 0 Å². The monoisotopic (exact) mass is 282 g/mol. The van der Waals surface area contributed by atoms with Crippen molar-refractivity contribution in [3.05, 3.63) is 66.0 Å². The quantitative estimate of drug-likeness (QED) is 0.798. The van der Waals surface area contributed by atoms with Crippen LogP contribution >= 0.6 is 0 Å². The van der Waals surface area contributed by atoms with Gasteiger partial charge in [-0.2, -0.15) is 5.10 Å². The normalized spacial score (nSPS) is 10.5. The second-order valence-electron chi connectivity index (χ2n) is 4.59. The molecule has 0 aliphatic heterocycles. The standard InChI is InChI=1S/C15H14N4O2/c1-11-4-2-5-14(17-11)18-15(20)13-7-6-12(21-13)10-19-9-3-8-16-19/h2-9H,10H2,1H3,(H,17,18,20). The van der Waals surface area contributed by atoms with Gasteiger partial charge < -0.3 is 9.73 Å². The van der Waals surface area contributed by atoms with Gasteiger partial charge in [-0.25, -0.2) is 4.98 Å². The molecule has 1 N–H and O–H groups in total. The van der Waals surface area contributed by atoms with Gasteiger partial charge in [-0.15, -0.1) is 0 Å². The largest absolute Gasteiger partial charge is 0.454 e. The van der Waals surface area contributed by atoms with Gasteiger partial charge in [-0.3, -0.25) is 9.48 Å². The molecule has 0 radical (unpaired) electrons. The van der Waals surface area contributed by atoms with E-state index in [2.05, 4.69) is 15.4 Å². The first-order valence-electron chi connectivity index (χ1n) is 6.52. The average molecular weight is 282 g/mol. The van der Waals surface area contributed by atoms with Crippen LogP contribution in [0.15, 0.2) is 53.2 Å². The molecule has 3 aromatic rings. The third kappa shape index (κ3) is 3.17. The Morgan fingerprint density at radius 3 is 2.95 bits per heavy atom. The van der Waals surface area contributed by atoms with Gasteiger partial charge in [-0.1, -0.05) is 6.07 Å². The van der Waals surface area contributed by atoms with Crippen molar-refractivity contribution in [2.24, 2.45) is 0 Å². The predicted molar refractivity (Wildman–Crippen MR) is 77.0 cm³/mol. The number of hydrogen-bond acceptors (Lipinski definition) is 4. The summed E-state index contributed by atoms with van der Waals surface area (Å²) < 4.78 is 7.25. The zero-order valence-electron chi connectivity index (χ0n) is 11.5. The highest BCUT2D eigenvalue weighted by Crippen LogP contribution is 2.12. The number of nitrogens with one attached hydrogen (secondary N) is 1. The first-order chi connectivity index (χ1) is 10.2. The number of aryl methyl sites for hydroxylation is 1. The Kier molecular flexibility index (Phi) is 3.51. The van der Waals surface area contributed by atoms with E-state index in [4.69, 9.17) is 4.42 Å². The molecule has 0 spiro atoms. The maximum atomic E-state index is 12.1. The van der Waals surface area contributed by atoms with E-state index in [9.17, 15) is 4.79 Å². The molecule has 0 saturated heterocycles. The van der Waals surface area contributed by atoms with Crippen LogP contribution in [0.4, 0.5) is 5.82 Å². The number of carbonyl (C=O) groups excluding carboxylic acids is 1. The molecule has 3 rings (SSSR count). The Hall–Kier alpha value is -2.89. The minimum absolute atomic E-state index is 0.250. The number of anilines is 1. The summed E-state index contributed by atoms with van der Waals surface area (Å²) >= 11 is 0. The second-order valence-corrected chi connectivity index (χ2v) is 4.59. The molecular formula is C15H14N4O2. The number of furan rings is 1. The maximum absolute atomic E-state index is 12.1. The fraction of sp³-hybridized carbons (Fsp3) is 0.133. The molecule has 6 nitrogen and oxygen atoms in total. The summed E-state index contributed by atoms with van der Waals surface area (Å²) in [6, 6.07) is 10.7. The van der Waals surface area contributed by atoms with Crippen LogP contribution in [-0.2, 0) is 6.54 Å². The Morgan fingerprint density at radius 1 is 1.29 bits per heavy atom. The van der Waals surface area contributed by atoms with Crippen LogP contribution in [0.3, 0.4) is 0 Å².